The lowest BCUT2D eigenvalue weighted by Gasteiger charge is -2.19. The topological polar surface area (TPSA) is 8.82 Å². The monoisotopic (exact) mass is 768 g/mol. The van der Waals surface area contributed by atoms with Crippen LogP contribution in [-0.4, -0.2) is 8.80 Å². The number of nitrogens with zero attached hydrogens (tertiary/aromatic N) is 2. The van der Waals surface area contributed by atoms with E-state index < -0.39 is 0 Å². The second kappa shape index (κ2) is 11.4. The van der Waals surface area contributed by atoms with Crippen LogP contribution in [0.25, 0.3) is 120 Å². The van der Waals surface area contributed by atoms with E-state index in [-0.39, 0.29) is 10.8 Å². The molecular weight excluding hydrogens is 725 g/mol. The van der Waals surface area contributed by atoms with Crippen LogP contribution in [0.4, 0.5) is 0 Å². The minimum absolute atomic E-state index is 0.0240. The summed E-state index contributed by atoms with van der Waals surface area (Å²) in [5.74, 6) is 0. The lowest BCUT2D eigenvalue weighted by molar-refractivity contribution is 0.591. The van der Waals surface area contributed by atoms with Crippen molar-refractivity contribution in [3.8, 4) is 22.3 Å². The predicted molar refractivity (Wildman–Crippen MR) is 259 cm³/mol. The number of aromatic nitrogens is 2. The van der Waals surface area contributed by atoms with Gasteiger partial charge in [-0.25, -0.2) is 0 Å². The summed E-state index contributed by atoms with van der Waals surface area (Å²) in [4.78, 5) is 0. The highest BCUT2D eigenvalue weighted by molar-refractivity contribution is 6.32. The van der Waals surface area contributed by atoms with Gasteiger partial charge in [0, 0.05) is 43.1 Å². The molecule has 0 radical (unpaired) electrons. The van der Waals surface area contributed by atoms with Crippen molar-refractivity contribution in [3.63, 3.8) is 0 Å². The van der Waals surface area contributed by atoms with Crippen molar-refractivity contribution in [3.05, 3.63) is 169 Å². The van der Waals surface area contributed by atoms with Gasteiger partial charge in [0.05, 0.1) is 33.1 Å². The summed E-state index contributed by atoms with van der Waals surface area (Å²) in [6.07, 6.45) is 0. The van der Waals surface area contributed by atoms with E-state index in [1.54, 1.807) is 0 Å². The van der Waals surface area contributed by atoms with Crippen molar-refractivity contribution in [1.29, 1.82) is 0 Å². The lowest BCUT2D eigenvalue weighted by atomic mass is 9.85. The third-order valence-corrected chi connectivity index (χ3v) is 13.9. The number of hydrogen-bond acceptors (Lipinski definition) is 0. The van der Waals surface area contributed by atoms with Crippen LogP contribution in [0.2, 0.25) is 0 Å². The quantitative estimate of drug-likeness (QED) is 0.166. The van der Waals surface area contributed by atoms with E-state index in [1.165, 1.54) is 131 Å². The first-order valence-electron chi connectivity index (χ1n) is 21.4. The number of rotatable bonds is 2. The third kappa shape index (κ3) is 4.38. The average molecular weight is 769 g/mol. The summed E-state index contributed by atoms with van der Waals surface area (Å²) in [5, 5.41) is 15.6. The Bertz CT molecular complexity index is 3680. The number of hydrogen-bond donors (Lipinski definition) is 0. The van der Waals surface area contributed by atoms with Crippen molar-refractivity contribution in [1.82, 2.24) is 8.80 Å². The van der Waals surface area contributed by atoms with E-state index in [2.05, 4.69) is 208 Å². The van der Waals surface area contributed by atoms with Gasteiger partial charge in [0.1, 0.15) is 0 Å². The SMILES string of the molecule is CC(C)(C)c1ccc2c(c1)c1c(-c3cccc4ccccc34)ccc3c4cc5c(cc4n2c31)c1ccc(-c2cccc3ccccc23)c2c3cc(C(C)(C)C)ccc3n5c12. The summed E-state index contributed by atoms with van der Waals surface area (Å²) < 4.78 is 5.17. The van der Waals surface area contributed by atoms with Crippen LogP contribution in [0, 0.1) is 0 Å². The van der Waals surface area contributed by atoms with Crippen molar-refractivity contribution >= 4 is 97.7 Å². The zero-order chi connectivity index (χ0) is 40.4. The molecule has 4 aromatic heterocycles. The van der Waals surface area contributed by atoms with Gasteiger partial charge in [0.25, 0.3) is 0 Å². The van der Waals surface area contributed by atoms with Crippen LogP contribution in [-0.2, 0) is 10.8 Å². The zero-order valence-electron chi connectivity index (χ0n) is 34.9. The first kappa shape index (κ1) is 34.0. The molecule has 0 spiro atoms. The fourth-order valence-electron chi connectivity index (χ4n) is 10.9. The molecule has 286 valence electrons. The minimum Gasteiger partial charge on any atom is -0.308 e. The smallest absolute Gasteiger partial charge is 0.0626 e. The van der Waals surface area contributed by atoms with Crippen molar-refractivity contribution in [2.24, 2.45) is 0 Å². The second-order valence-electron chi connectivity index (χ2n) is 19.3. The molecule has 0 unspecified atom stereocenters. The Hall–Kier alpha value is -6.90. The van der Waals surface area contributed by atoms with Gasteiger partial charge in [0.2, 0.25) is 0 Å². The molecule has 0 amide bonds. The summed E-state index contributed by atoms with van der Waals surface area (Å²) in [6, 6.07) is 60.2. The van der Waals surface area contributed by atoms with Gasteiger partial charge in [-0.3, -0.25) is 0 Å². The van der Waals surface area contributed by atoms with Crippen LogP contribution >= 0.6 is 0 Å². The van der Waals surface area contributed by atoms with Crippen LogP contribution < -0.4 is 0 Å². The standard InChI is InChI=1S/C58H44N2/c1-57(2,3)35-21-27-49-47(29-35)53-41(39-19-11-15-33-13-7-9-17-37(33)39)23-25-43-45-32-52-46(31-51(45)59(49)55(43)53)44-26-24-42(40-20-12-16-34-14-8-10-18-38(34)40)54-48-30-36(58(4,5)6)22-28-50(48)60(52)56(44)54/h7-32H,1-6H3. The molecule has 2 nitrogen and oxygen atoms in total. The molecule has 0 atom stereocenters. The van der Waals surface area contributed by atoms with Gasteiger partial charge in [0.15, 0.2) is 0 Å². The zero-order valence-corrected chi connectivity index (χ0v) is 34.9. The fraction of sp³-hybridized carbons (Fsp3) is 0.138. The van der Waals surface area contributed by atoms with E-state index in [0.29, 0.717) is 0 Å². The number of fused-ring (bicyclic) bond motifs is 14. The highest BCUT2D eigenvalue weighted by atomic mass is 14.9. The molecule has 60 heavy (non-hydrogen) atoms. The molecule has 0 aliphatic heterocycles. The Morgan fingerprint density at radius 3 is 1.15 bits per heavy atom. The lowest BCUT2D eigenvalue weighted by Crippen LogP contribution is -2.10. The van der Waals surface area contributed by atoms with E-state index in [4.69, 9.17) is 0 Å². The Morgan fingerprint density at radius 2 is 0.717 bits per heavy atom. The first-order valence-corrected chi connectivity index (χ1v) is 21.4. The largest absolute Gasteiger partial charge is 0.308 e. The second-order valence-corrected chi connectivity index (χ2v) is 19.3. The maximum absolute atomic E-state index is 2.58. The molecule has 0 bridgehead atoms. The molecule has 0 saturated heterocycles. The molecule has 0 fully saturated rings. The first-order chi connectivity index (χ1) is 29.0. The minimum atomic E-state index is 0.0240. The Kier molecular flexibility index (Phi) is 6.48. The highest BCUT2D eigenvalue weighted by Gasteiger charge is 2.27. The molecule has 0 saturated carbocycles. The molecule has 2 heteroatoms. The van der Waals surface area contributed by atoms with Crippen molar-refractivity contribution < 1.29 is 0 Å². The van der Waals surface area contributed by atoms with Gasteiger partial charge >= 0.3 is 0 Å². The summed E-state index contributed by atoms with van der Waals surface area (Å²) in [6.45, 7) is 13.9. The summed E-state index contributed by atoms with van der Waals surface area (Å²) in [5.41, 5.74) is 15.6. The van der Waals surface area contributed by atoms with Gasteiger partial charge in [-0.1, -0.05) is 163 Å². The van der Waals surface area contributed by atoms with Gasteiger partial charge < -0.3 is 8.80 Å². The number of benzene rings is 9. The highest BCUT2D eigenvalue weighted by Crippen LogP contribution is 2.50. The molecule has 0 N–H and O–H groups in total. The fourth-order valence-corrected chi connectivity index (χ4v) is 10.9. The summed E-state index contributed by atoms with van der Waals surface area (Å²) >= 11 is 0. The molecule has 0 aliphatic carbocycles. The average Bonchev–Trinajstić information content (AvgIpc) is 3.97. The molecule has 0 aliphatic rings. The van der Waals surface area contributed by atoms with Crippen LogP contribution in [0.3, 0.4) is 0 Å². The third-order valence-electron chi connectivity index (χ3n) is 13.9. The van der Waals surface area contributed by atoms with Gasteiger partial charge in [-0.15, -0.1) is 0 Å². The maximum atomic E-state index is 2.58. The van der Waals surface area contributed by atoms with E-state index in [9.17, 15) is 0 Å². The van der Waals surface area contributed by atoms with Crippen LogP contribution in [0.5, 0.6) is 0 Å². The van der Waals surface area contributed by atoms with Gasteiger partial charge in [-0.05, 0) is 102 Å². The van der Waals surface area contributed by atoms with Crippen molar-refractivity contribution in [2.45, 2.75) is 52.4 Å². The van der Waals surface area contributed by atoms with E-state index >= 15 is 0 Å². The molecular formula is C58H44N2. The predicted octanol–water partition coefficient (Wildman–Crippen LogP) is 16.2. The summed E-state index contributed by atoms with van der Waals surface area (Å²) in [7, 11) is 0. The molecule has 13 aromatic rings. The van der Waals surface area contributed by atoms with E-state index in [1.807, 2.05) is 0 Å². The Labute approximate surface area is 348 Å². The normalized spacial score (nSPS) is 13.2. The molecule has 13 rings (SSSR count). The Morgan fingerprint density at radius 1 is 0.300 bits per heavy atom. The van der Waals surface area contributed by atoms with Crippen LogP contribution in [0.1, 0.15) is 52.7 Å². The van der Waals surface area contributed by atoms with Crippen LogP contribution in [0.15, 0.2) is 158 Å². The van der Waals surface area contributed by atoms with Gasteiger partial charge in [-0.2, -0.15) is 0 Å². The van der Waals surface area contributed by atoms with Crippen molar-refractivity contribution in [2.75, 3.05) is 0 Å². The van der Waals surface area contributed by atoms with E-state index in [0.717, 1.165) is 0 Å². The maximum Gasteiger partial charge on any atom is 0.0626 e. The molecule has 9 aromatic carbocycles. The Balaban J connectivity index is 1.19. The molecule has 4 heterocycles.